The Morgan fingerprint density at radius 3 is 1.48 bits per heavy atom. The molecule has 1 saturated heterocycles. The molecule has 0 spiro atoms. The number of nitrogens with zero attached hydrogens (tertiary/aromatic N) is 2. The molecule has 58 heavy (non-hydrogen) atoms. The van der Waals surface area contributed by atoms with Gasteiger partial charge >= 0.3 is 0 Å². The van der Waals surface area contributed by atoms with E-state index in [4.69, 9.17) is 51.1 Å². The first-order chi connectivity index (χ1) is 27.5. The minimum absolute atomic E-state index is 0.00709. The summed E-state index contributed by atoms with van der Waals surface area (Å²) in [6.45, 7) is 5.72. The van der Waals surface area contributed by atoms with Gasteiger partial charge in [0.1, 0.15) is 11.4 Å². The molecule has 9 nitrogen and oxygen atoms in total. The number of hydrogen-bond donors (Lipinski definition) is 0. The SMILES string of the molecule is C1CCOC1.Cc1ccc(S(=O)(=O)n2c3c(c4cc(Cl)c(Cl)cc42)CCC(F)C3=O)cc1.Cc1ccc(S(=O)(=O)n2c3c(c4cc(Cl)c(Cl)cc42)CCCC3=O)cc1. The first kappa shape index (κ1) is 42.4. The monoisotopic (exact) mass is 904 g/mol. The Hall–Kier alpha value is -3.75. The van der Waals surface area contributed by atoms with Crippen LogP contribution in [0.3, 0.4) is 0 Å². The van der Waals surface area contributed by atoms with E-state index in [1.807, 2.05) is 13.8 Å². The Morgan fingerprint density at radius 1 is 0.603 bits per heavy atom. The smallest absolute Gasteiger partial charge is 0.268 e. The van der Waals surface area contributed by atoms with Crippen molar-refractivity contribution in [2.75, 3.05) is 13.2 Å². The number of fused-ring (bicyclic) bond motifs is 6. The molecule has 1 fully saturated rings. The maximum Gasteiger partial charge on any atom is 0.268 e. The van der Waals surface area contributed by atoms with Crippen molar-refractivity contribution < 1.29 is 35.6 Å². The number of Topliss-reactive ketones (excluding diaryl/α,β-unsaturated/α-hetero) is 2. The van der Waals surface area contributed by atoms with Gasteiger partial charge in [0.2, 0.25) is 5.78 Å². The third kappa shape index (κ3) is 7.85. The van der Waals surface area contributed by atoms with Crippen LogP contribution in [0.15, 0.2) is 82.6 Å². The van der Waals surface area contributed by atoms with Gasteiger partial charge in [-0.1, -0.05) is 81.8 Å². The summed E-state index contributed by atoms with van der Waals surface area (Å²) in [6, 6.07) is 18.9. The summed E-state index contributed by atoms with van der Waals surface area (Å²) in [7, 11) is -8.09. The normalized spacial score (nSPS) is 16.7. The van der Waals surface area contributed by atoms with Crippen LogP contribution < -0.4 is 0 Å². The van der Waals surface area contributed by atoms with E-state index in [9.17, 15) is 30.8 Å². The first-order valence-electron chi connectivity index (χ1n) is 18.5. The van der Waals surface area contributed by atoms with Crippen LogP contribution in [-0.4, -0.2) is 55.7 Å². The molecular weight excluding hydrogens is 869 g/mol. The number of ether oxygens (including phenoxy) is 1. The van der Waals surface area contributed by atoms with Crippen molar-refractivity contribution in [1.29, 1.82) is 0 Å². The highest BCUT2D eigenvalue weighted by Crippen LogP contribution is 2.41. The van der Waals surface area contributed by atoms with Crippen LogP contribution in [-0.2, 0) is 37.6 Å². The zero-order chi connectivity index (χ0) is 41.7. The highest BCUT2D eigenvalue weighted by atomic mass is 35.5. The van der Waals surface area contributed by atoms with Crippen molar-refractivity contribution in [2.24, 2.45) is 0 Å². The molecule has 4 aromatic carbocycles. The van der Waals surface area contributed by atoms with Gasteiger partial charge < -0.3 is 4.74 Å². The molecule has 16 heteroatoms. The molecule has 0 amide bonds. The minimum atomic E-state index is -4.14. The molecule has 6 aromatic rings. The third-order valence-corrected chi connectivity index (χ3v) is 15.2. The lowest BCUT2D eigenvalue weighted by Gasteiger charge is -2.18. The van der Waals surface area contributed by atoms with Crippen LogP contribution in [0.1, 0.15) is 75.3 Å². The summed E-state index contributed by atoms with van der Waals surface area (Å²) in [5.74, 6) is -1.01. The van der Waals surface area contributed by atoms with E-state index in [1.54, 1.807) is 42.5 Å². The highest BCUT2D eigenvalue weighted by Gasteiger charge is 2.38. The van der Waals surface area contributed by atoms with Gasteiger partial charge in [-0.3, -0.25) is 9.59 Å². The second-order valence-electron chi connectivity index (χ2n) is 14.4. The number of benzene rings is 4. The number of aryl methyl sites for hydroxylation is 4. The van der Waals surface area contributed by atoms with Crippen molar-refractivity contribution in [2.45, 2.75) is 74.8 Å². The highest BCUT2D eigenvalue weighted by molar-refractivity contribution is 7.90. The van der Waals surface area contributed by atoms with E-state index in [-0.39, 0.29) is 60.4 Å². The summed E-state index contributed by atoms with van der Waals surface area (Å²) in [4.78, 5) is 25.3. The molecule has 304 valence electrons. The van der Waals surface area contributed by atoms with E-state index in [2.05, 4.69) is 0 Å². The zero-order valence-electron chi connectivity index (χ0n) is 31.3. The average Bonchev–Trinajstić information content (AvgIpc) is 3.94. The van der Waals surface area contributed by atoms with Crippen LogP contribution in [0.5, 0.6) is 0 Å². The minimum Gasteiger partial charge on any atom is -0.381 e. The molecule has 1 atom stereocenters. The second-order valence-corrected chi connectivity index (χ2v) is 19.6. The van der Waals surface area contributed by atoms with Gasteiger partial charge in [-0.25, -0.2) is 29.2 Å². The van der Waals surface area contributed by atoms with Crippen LogP contribution in [0.25, 0.3) is 21.8 Å². The molecule has 9 rings (SSSR count). The largest absolute Gasteiger partial charge is 0.381 e. The molecule has 1 aliphatic heterocycles. The molecule has 1 unspecified atom stereocenters. The fraction of sp³-hybridized carbons (Fsp3) is 0.286. The summed E-state index contributed by atoms with van der Waals surface area (Å²) in [5, 5.41) is 2.15. The summed E-state index contributed by atoms with van der Waals surface area (Å²) in [5.41, 5.74) is 3.74. The standard InChI is InChI=1S/C19H14Cl2FNO3S.C19H15Cl2NO3S.C4H8O/c1-10-2-4-11(5-3-10)27(25,26)23-17-9-15(21)14(20)8-13(17)12-6-7-16(22)19(24)18(12)23;1-11-5-7-12(8-6-11)26(24,25)22-17-10-16(21)15(20)9-14(17)13-3-2-4-18(23)19(13)22;1-2-4-5-3-1/h2-5,8-9,16H,6-7H2,1H3;5-10H,2-4H2,1H3;1-4H2. The van der Waals surface area contributed by atoms with Crippen molar-refractivity contribution in [1.82, 2.24) is 7.94 Å². The number of hydrogen-bond acceptors (Lipinski definition) is 7. The lowest BCUT2D eigenvalue weighted by molar-refractivity contribution is 0.0849. The fourth-order valence-corrected chi connectivity index (χ4v) is 11.1. The van der Waals surface area contributed by atoms with Gasteiger partial charge in [-0.2, -0.15) is 0 Å². The van der Waals surface area contributed by atoms with Gasteiger partial charge in [0, 0.05) is 30.4 Å². The molecule has 0 bridgehead atoms. The van der Waals surface area contributed by atoms with Gasteiger partial charge in [0.25, 0.3) is 20.0 Å². The summed E-state index contributed by atoms with van der Waals surface area (Å²) >= 11 is 24.5. The molecule has 0 radical (unpaired) electrons. The van der Waals surface area contributed by atoms with Gasteiger partial charge in [0.15, 0.2) is 12.0 Å². The van der Waals surface area contributed by atoms with Crippen molar-refractivity contribution >= 4 is 99.8 Å². The van der Waals surface area contributed by atoms with Gasteiger partial charge in [-0.05, 0) is 112 Å². The quantitative estimate of drug-likeness (QED) is 0.173. The maximum absolute atomic E-state index is 14.2. The molecule has 0 saturated carbocycles. The van der Waals surface area contributed by atoms with E-state index in [1.165, 1.54) is 43.2 Å². The topological polar surface area (TPSA) is 122 Å². The van der Waals surface area contributed by atoms with Crippen molar-refractivity contribution in [3.05, 3.63) is 127 Å². The number of halogens is 5. The van der Waals surface area contributed by atoms with Crippen LogP contribution >= 0.6 is 46.4 Å². The summed E-state index contributed by atoms with van der Waals surface area (Å²) < 4.78 is 74.6. The van der Waals surface area contributed by atoms with E-state index in [0.29, 0.717) is 46.1 Å². The van der Waals surface area contributed by atoms with Crippen molar-refractivity contribution in [3.8, 4) is 0 Å². The lowest BCUT2D eigenvalue weighted by Crippen LogP contribution is -2.28. The van der Waals surface area contributed by atoms with Gasteiger partial charge in [0.05, 0.1) is 40.9 Å². The van der Waals surface area contributed by atoms with E-state index < -0.39 is 32.0 Å². The Kier molecular flexibility index (Phi) is 12.2. The number of alkyl halides is 1. The molecule has 3 aliphatic rings. The molecule has 2 aromatic heterocycles. The molecule has 3 heterocycles. The van der Waals surface area contributed by atoms with Crippen LogP contribution in [0.2, 0.25) is 20.1 Å². The Labute approximate surface area is 355 Å². The van der Waals surface area contributed by atoms with Crippen LogP contribution in [0, 0.1) is 13.8 Å². The van der Waals surface area contributed by atoms with E-state index in [0.717, 1.165) is 37.8 Å². The van der Waals surface area contributed by atoms with Gasteiger partial charge in [-0.15, -0.1) is 0 Å². The van der Waals surface area contributed by atoms with Crippen molar-refractivity contribution in [3.63, 3.8) is 0 Å². The first-order valence-corrected chi connectivity index (χ1v) is 22.9. The third-order valence-electron chi connectivity index (χ3n) is 10.3. The zero-order valence-corrected chi connectivity index (χ0v) is 36.0. The Morgan fingerprint density at radius 2 is 1.03 bits per heavy atom. The Balaban J connectivity index is 0.000000157. The fourth-order valence-electron chi connectivity index (χ4n) is 7.41. The predicted octanol–water partition coefficient (Wildman–Crippen LogP) is 10.8. The number of carbonyl (C=O) groups excluding carboxylic acids is 2. The number of rotatable bonds is 4. The van der Waals surface area contributed by atoms with E-state index >= 15 is 0 Å². The average molecular weight is 907 g/mol. The molecular formula is C42H37Cl4FN2O7S2. The predicted molar refractivity (Wildman–Crippen MR) is 226 cm³/mol. The molecule has 0 N–H and O–H groups in total. The second kappa shape index (κ2) is 16.7. The number of carbonyl (C=O) groups is 2. The Bertz CT molecular complexity index is 2830. The summed E-state index contributed by atoms with van der Waals surface area (Å²) in [6.07, 6.45) is 2.72. The lowest BCUT2D eigenvalue weighted by atomic mass is 9.93. The number of aromatic nitrogens is 2. The number of ketones is 2. The van der Waals surface area contributed by atoms with Crippen LogP contribution in [0.4, 0.5) is 4.39 Å². The molecule has 2 aliphatic carbocycles. The maximum atomic E-state index is 14.2.